The number of benzene rings is 1. The Hall–Kier alpha value is -1.25. The Morgan fingerprint density at radius 3 is 2.69 bits per heavy atom. The van der Waals surface area contributed by atoms with Gasteiger partial charge in [-0.3, -0.25) is 4.79 Å². The molecule has 3 heteroatoms. The number of hydrogen-bond donors (Lipinski definition) is 0. The minimum Gasteiger partial charge on any atom is -0.294 e. The van der Waals surface area contributed by atoms with Gasteiger partial charge in [-0.2, -0.15) is 0 Å². The lowest BCUT2D eigenvalue weighted by atomic mass is 9.89. The molecular weight excluding hydrogens is 210 g/mol. The minimum absolute atomic E-state index is 0.0984. The monoisotopic (exact) mass is 224 g/mol. The van der Waals surface area contributed by atoms with Crippen molar-refractivity contribution in [3.63, 3.8) is 0 Å². The molecule has 1 aromatic carbocycles. The molecule has 1 aromatic rings. The third kappa shape index (κ3) is 1.99. The molecular formula is C13H14F2O. The predicted octanol–water partition coefficient (Wildman–Crippen LogP) is 3.58. The van der Waals surface area contributed by atoms with E-state index < -0.39 is 11.6 Å². The molecule has 2 rings (SSSR count). The first-order valence-electron chi connectivity index (χ1n) is 5.59. The first-order chi connectivity index (χ1) is 7.59. The molecule has 0 N–H and O–H groups in total. The molecule has 1 saturated carbocycles. The molecule has 1 aliphatic rings. The van der Waals surface area contributed by atoms with Crippen molar-refractivity contribution in [1.29, 1.82) is 0 Å². The lowest BCUT2D eigenvalue weighted by molar-refractivity contribution is 0.0892. The molecule has 1 aliphatic carbocycles. The molecule has 0 spiro atoms. The van der Waals surface area contributed by atoms with Crippen LogP contribution in [0.4, 0.5) is 8.78 Å². The average Bonchev–Trinajstić information content (AvgIpc) is 2.67. The Balaban J connectivity index is 2.29. The number of carbonyl (C=O) groups is 1. The Kier molecular flexibility index (Phi) is 3.03. The lowest BCUT2D eigenvalue weighted by Gasteiger charge is -2.14. The topological polar surface area (TPSA) is 17.1 Å². The van der Waals surface area contributed by atoms with E-state index in [1.165, 1.54) is 0 Å². The van der Waals surface area contributed by atoms with Crippen LogP contribution < -0.4 is 0 Å². The maximum Gasteiger partial charge on any atom is 0.169 e. The maximum atomic E-state index is 13.4. The highest BCUT2D eigenvalue weighted by Gasteiger charge is 2.31. The third-order valence-electron chi connectivity index (χ3n) is 3.39. The summed E-state index contributed by atoms with van der Waals surface area (Å²) in [5, 5.41) is 0. The summed E-state index contributed by atoms with van der Waals surface area (Å²) in [5.41, 5.74) is -0.0984. The summed E-state index contributed by atoms with van der Waals surface area (Å²) in [6.45, 7) is 1.99. The van der Waals surface area contributed by atoms with E-state index in [2.05, 4.69) is 0 Å². The summed E-state index contributed by atoms with van der Waals surface area (Å²) in [6, 6.07) is 3.05. The maximum absolute atomic E-state index is 13.4. The molecule has 2 atom stereocenters. The fraction of sp³-hybridized carbons (Fsp3) is 0.462. The van der Waals surface area contributed by atoms with E-state index in [1.54, 1.807) is 0 Å². The van der Waals surface area contributed by atoms with Crippen LogP contribution in [-0.4, -0.2) is 5.78 Å². The van der Waals surface area contributed by atoms with Gasteiger partial charge in [0.1, 0.15) is 11.6 Å². The third-order valence-corrected chi connectivity index (χ3v) is 3.39. The first kappa shape index (κ1) is 11.2. The van der Waals surface area contributed by atoms with Crippen LogP contribution in [0.25, 0.3) is 0 Å². The SMILES string of the molecule is CC1CCCC1C(=O)c1cc(F)ccc1F. The summed E-state index contributed by atoms with van der Waals surface area (Å²) in [5.74, 6) is -1.30. The first-order valence-corrected chi connectivity index (χ1v) is 5.59. The van der Waals surface area contributed by atoms with E-state index >= 15 is 0 Å². The van der Waals surface area contributed by atoms with Crippen LogP contribution in [0.15, 0.2) is 18.2 Å². The standard InChI is InChI=1S/C13H14F2O/c1-8-3-2-4-10(8)13(16)11-7-9(14)5-6-12(11)15/h5-8,10H,2-4H2,1H3. The van der Waals surface area contributed by atoms with Crippen LogP contribution in [0.2, 0.25) is 0 Å². The summed E-state index contributed by atoms with van der Waals surface area (Å²) >= 11 is 0. The van der Waals surface area contributed by atoms with Gasteiger partial charge in [-0.1, -0.05) is 13.3 Å². The van der Waals surface area contributed by atoms with E-state index in [0.717, 1.165) is 37.5 Å². The van der Waals surface area contributed by atoms with Gasteiger partial charge < -0.3 is 0 Å². The van der Waals surface area contributed by atoms with Gasteiger partial charge in [0.25, 0.3) is 0 Å². The summed E-state index contributed by atoms with van der Waals surface area (Å²) in [7, 11) is 0. The van der Waals surface area contributed by atoms with Gasteiger partial charge in [0, 0.05) is 5.92 Å². The molecule has 0 saturated heterocycles. The van der Waals surface area contributed by atoms with Gasteiger partial charge in [-0.15, -0.1) is 0 Å². The fourth-order valence-corrected chi connectivity index (χ4v) is 2.42. The predicted molar refractivity (Wildman–Crippen MR) is 57.2 cm³/mol. The van der Waals surface area contributed by atoms with Crippen molar-refractivity contribution in [2.24, 2.45) is 11.8 Å². The Morgan fingerprint density at radius 1 is 1.31 bits per heavy atom. The van der Waals surface area contributed by atoms with Crippen molar-refractivity contribution in [2.45, 2.75) is 26.2 Å². The molecule has 86 valence electrons. The molecule has 2 unspecified atom stereocenters. The zero-order chi connectivity index (χ0) is 11.7. The largest absolute Gasteiger partial charge is 0.294 e. The van der Waals surface area contributed by atoms with Crippen LogP contribution >= 0.6 is 0 Å². The smallest absolute Gasteiger partial charge is 0.169 e. The van der Waals surface area contributed by atoms with Crippen LogP contribution in [-0.2, 0) is 0 Å². The fourth-order valence-electron chi connectivity index (χ4n) is 2.42. The van der Waals surface area contributed by atoms with Gasteiger partial charge in [-0.05, 0) is 37.0 Å². The van der Waals surface area contributed by atoms with Crippen LogP contribution in [0.3, 0.4) is 0 Å². The highest BCUT2D eigenvalue weighted by molar-refractivity contribution is 5.98. The van der Waals surface area contributed by atoms with Crippen LogP contribution in [0, 0.1) is 23.5 Å². The number of halogens is 2. The van der Waals surface area contributed by atoms with E-state index in [0.29, 0.717) is 0 Å². The number of Topliss-reactive ketones (excluding diaryl/α,β-unsaturated/α-hetero) is 1. The number of rotatable bonds is 2. The highest BCUT2D eigenvalue weighted by atomic mass is 19.1. The van der Waals surface area contributed by atoms with Gasteiger partial charge >= 0.3 is 0 Å². The quantitative estimate of drug-likeness (QED) is 0.702. The zero-order valence-corrected chi connectivity index (χ0v) is 9.17. The van der Waals surface area contributed by atoms with Crippen molar-refractivity contribution >= 4 is 5.78 Å². The second-order valence-electron chi connectivity index (χ2n) is 4.50. The molecule has 0 aliphatic heterocycles. The van der Waals surface area contributed by atoms with Gasteiger partial charge in [-0.25, -0.2) is 8.78 Å². The van der Waals surface area contributed by atoms with Crippen molar-refractivity contribution in [1.82, 2.24) is 0 Å². The van der Waals surface area contributed by atoms with Crippen molar-refractivity contribution in [3.05, 3.63) is 35.4 Å². The number of carbonyl (C=O) groups excluding carboxylic acids is 1. The highest BCUT2D eigenvalue weighted by Crippen LogP contribution is 2.34. The van der Waals surface area contributed by atoms with E-state index in [-0.39, 0.29) is 23.2 Å². The van der Waals surface area contributed by atoms with Crippen LogP contribution in [0.1, 0.15) is 36.5 Å². The number of ketones is 1. The van der Waals surface area contributed by atoms with Gasteiger partial charge in [0.15, 0.2) is 5.78 Å². The second kappa shape index (κ2) is 4.32. The van der Waals surface area contributed by atoms with Gasteiger partial charge in [0.05, 0.1) is 5.56 Å². The molecule has 0 heterocycles. The molecule has 0 radical (unpaired) electrons. The summed E-state index contributed by atoms with van der Waals surface area (Å²) < 4.78 is 26.4. The second-order valence-corrected chi connectivity index (χ2v) is 4.50. The summed E-state index contributed by atoms with van der Waals surface area (Å²) in [4.78, 5) is 12.0. The Labute approximate surface area is 93.5 Å². The Morgan fingerprint density at radius 2 is 2.06 bits per heavy atom. The van der Waals surface area contributed by atoms with E-state index in [1.807, 2.05) is 6.92 Å². The molecule has 0 bridgehead atoms. The molecule has 16 heavy (non-hydrogen) atoms. The molecule has 1 fully saturated rings. The van der Waals surface area contributed by atoms with Crippen molar-refractivity contribution in [3.8, 4) is 0 Å². The molecule has 0 amide bonds. The lowest BCUT2D eigenvalue weighted by Crippen LogP contribution is -2.18. The zero-order valence-electron chi connectivity index (χ0n) is 9.17. The molecule has 1 nitrogen and oxygen atoms in total. The summed E-state index contributed by atoms with van der Waals surface area (Å²) in [6.07, 6.45) is 2.78. The number of hydrogen-bond acceptors (Lipinski definition) is 1. The van der Waals surface area contributed by atoms with Crippen molar-refractivity contribution in [2.75, 3.05) is 0 Å². The Bertz CT molecular complexity index is 414. The average molecular weight is 224 g/mol. The molecule has 0 aromatic heterocycles. The van der Waals surface area contributed by atoms with E-state index in [4.69, 9.17) is 0 Å². The van der Waals surface area contributed by atoms with Crippen LogP contribution in [0.5, 0.6) is 0 Å². The van der Waals surface area contributed by atoms with Gasteiger partial charge in [0.2, 0.25) is 0 Å². The van der Waals surface area contributed by atoms with Crippen molar-refractivity contribution < 1.29 is 13.6 Å². The normalized spacial score (nSPS) is 24.7. The minimum atomic E-state index is -0.620. The van der Waals surface area contributed by atoms with E-state index in [9.17, 15) is 13.6 Å².